The highest BCUT2D eigenvalue weighted by molar-refractivity contribution is 4.64. The van der Waals surface area contributed by atoms with Gasteiger partial charge in [-0.2, -0.15) is 0 Å². The van der Waals surface area contributed by atoms with Crippen molar-refractivity contribution in [1.29, 1.82) is 0 Å². The molecule has 0 aliphatic heterocycles. The van der Waals surface area contributed by atoms with E-state index < -0.39 is 0 Å². The average molecular weight is 197 g/mol. The molecule has 0 radical (unpaired) electrons. The van der Waals surface area contributed by atoms with E-state index in [0.717, 1.165) is 6.54 Å². The lowest BCUT2D eigenvalue weighted by Crippen LogP contribution is -2.27. The second-order valence-corrected chi connectivity index (χ2v) is 4.80. The summed E-state index contributed by atoms with van der Waals surface area (Å²) in [4.78, 5) is 0. The molecule has 84 valence electrons. The molecule has 0 aliphatic carbocycles. The maximum atomic E-state index is 4.00. The Labute approximate surface area is 90.7 Å². The third kappa shape index (κ3) is 17.6. The van der Waals surface area contributed by atoms with Gasteiger partial charge in [0.2, 0.25) is 0 Å². The minimum atomic E-state index is 0.435. The molecule has 0 spiro atoms. The first-order valence-electron chi connectivity index (χ1n) is 5.60. The van der Waals surface area contributed by atoms with E-state index >= 15 is 0 Å². The van der Waals surface area contributed by atoms with Gasteiger partial charge in [-0.15, -0.1) is 12.8 Å². The minimum Gasteiger partial charge on any atom is -0.316 e. The van der Waals surface area contributed by atoms with Crippen LogP contribution in [0.15, 0.2) is 0 Å². The summed E-state index contributed by atoms with van der Waals surface area (Å²) >= 11 is 0. The molecular formula is C13H27N. The van der Waals surface area contributed by atoms with Gasteiger partial charge in [-0.05, 0) is 24.9 Å². The molecule has 1 heteroatoms. The zero-order valence-corrected chi connectivity index (χ0v) is 10.4. The highest BCUT2D eigenvalue weighted by Crippen LogP contribution is 2.10. The lowest BCUT2D eigenvalue weighted by atomic mass is 9.97. The third-order valence-corrected chi connectivity index (χ3v) is 1.86. The van der Waals surface area contributed by atoms with E-state index in [2.05, 4.69) is 45.9 Å². The largest absolute Gasteiger partial charge is 0.316 e. The van der Waals surface area contributed by atoms with E-state index in [1.165, 1.54) is 32.2 Å². The average Bonchev–Trinajstić information content (AvgIpc) is 2.13. The highest BCUT2D eigenvalue weighted by atomic mass is 14.9. The van der Waals surface area contributed by atoms with E-state index in [1.54, 1.807) is 0 Å². The molecule has 0 fully saturated rings. The smallest absolute Gasteiger partial charge is 0.0000126 e. The lowest BCUT2D eigenvalue weighted by Gasteiger charge is -2.18. The van der Waals surface area contributed by atoms with Crippen molar-refractivity contribution < 1.29 is 0 Å². The van der Waals surface area contributed by atoms with Gasteiger partial charge < -0.3 is 5.32 Å². The Morgan fingerprint density at radius 3 is 2.00 bits per heavy atom. The third-order valence-electron chi connectivity index (χ3n) is 1.86. The summed E-state index contributed by atoms with van der Waals surface area (Å²) in [5, 5.41) is 3.48. The van der Waals surface area contributed by atoms with E-state index in [-0.39, 0.29) is 0 Å². The monoisotopic (exact) mass is 197 g/mol. The van der Waals surface area contributed by atoms with Gasteiger partial charge >= 0.3 is 0 Å². The molecule has 0 heterocycles. The standard InChI is InChI=1S/C11H25N.C2H2/c1-5-6-7-8-9-12-10-11(2,3)4;1-2/h12H,5-10H2,1-4H3;1-2H. The van der Waals surface area contributed by atoms with Gasteiger partial charge in [-0.1, -0.05) is 47.0 Å². The van der Waals surface area contributed by atoms with E-state index in [9.17, 15) is 0 Å². The van der Waals surface area contributed by atoms with Gasteiger partial charge in [0, 0.05) is 0 Å². The van der Waals surface area contributed by atoms with Gasteiger partial charge in [-0.25, -0.2) is 0 Å². The van der Waals surface area contributed by atoms with E-state index in [4.69, 9.17) is 0 Å². The molecule has 0 aromatic rings. The molecule has 0 saturated carbocycles. The number of unbranched alkanes of at least 4 members (excludes halogenated alkanes) is 3. The molecule has 0 saturated heterocycles. The quantitative estimate of drug-likeness (QED) is 0.508. The molecule has 0 atom stereocenters. The number of rotatable bonds is 6. The molecule has 0 rings (SSSR count). The zero-order valence-electron chi connectivity index (χ0n) is 10.4. The maximum Gasteiger partial charge on any atom is -0.0000126 e. The summed E-state index contributed by atoms with van der Waals surface area (Å²) in [5.41, 5.74) is 0.435. The topological polar surface area (TPSA) is 12.0 Å². The number of terminal acetylenes is 1. The fraction of sp³-hybridized carbons (Fsp3) is 0.846. The van der Waals surface area contributed by atoms with Crippen LogP contribution in [0, 0.1) is 18.3 Å². The van der Waals surface area contributed by atoms with Crippen molar-refractivity contribution in [3.8, 4) is 12.8 Å². The summed E-state index contributed by atoms with van der Waals surface area (Å²) in [7, 11) is 0. The van der Waals surface area contributed by atoms with Crippen LogP contribution in [0.1, 0.15) is 53.4 Å². The van der Waals surface area contributed by atoms with Gasteiger partial charge in [-0.3, -0.25) is 0 Å². The van der Waals surface area contributed by atoms with Crippen molar-refractivity contribution in [1.82, 2.24) is 5.32 Å². The predicted octanol–water partition coefficient (Wildman–Crippen LogP) is 3.45. The van der Waals surface area contributed by atoms with Crippen molar-refractivity contribution in [3.05, 3.63) is 0 Å². The van der Waals surface area contributed by atoms with Crippen LogP contribution in [0.25, 0.3) is 0 Å². The predicted molar refractivity (Wildman–Crippen MR) is 66.4 cm³/mol. The van der Waals surface area contributed by atoms with Crippen LogP contribution in [-0.2, 0) is 0 Å². The fourth-order valence-corrected chi connectivity index (χ4v) is 1.14. The van der Waals surface area contributed by atoms with E-state index in [1.807, 2.05) is 0 Å². The molecule has 14 heavy (non-hydrogen) atoms. The fourth-order valence-electron chi connectivity index (χ4n) is 1.14. The maximum absolute atomic E-state index is 4.00. The summed E-state index contributed by atoms with van der Waals surface area (Å²) in [6, 6.07) is 0. The number of hydrogen-bond acceptors (Lipinski definition) is 1. The number of hydrogen-bond donors (Lipinski definition) is 1. The van der Waals surface area contributed by atoms with Crippen molar-refractivity contribution in [3.63, 3.8) is 0 Å². The second-order valence-electron chi connectivity index (χ2n) is 4.80. The van der Waals surface area contributed by atoms with Crippen molar-refractivity contribution in [2.75, 3.05) is 13.1 Å². The first-order chi connectivity index (χ1) is 6.56. The lowest BCUT2D eigenvalue weighted by molar-refractivity contribution is 0.377. The molecule has 0 aliphatic rings. The molecule has 0 amide bonds. The Morgan fingerprint density at radius 1 is 1.00 bits per heavy atom. The van der Waals surface area contributed by atoms with Crippen molar-refractivity contribution in [2.45, 2.75) is 53.4 Å². The Hall–Kier alpha value is -0.480. The van der Waals surface area contributed by atoms with Crippen LogP contribution in [0.5, 0.6) is 0 Å². The Kier molecular flexibility index (Phi) is 12.1. The van der Waals surface area contributed by atoms with Crippen LogP contribution >= 0.6 is 0 Å². The second kappa shape index (κ2) is 10.6. The Balaban J connectivity index is 0. The van der Waals surface area contributed by atoms with Gasteiger partial charge in [0.05, 0.1) is 0 Å². The summed E-state index contributed by atoms with van der Waals surface area (Å²) in [6.45, 7) is 11.4. The van der Waals surface area contributed by atoms with Gasteiger partial charge in [0.1, 0.15) is 0 Å². The SMILES string of the molecule is C#C.CCCCCCNCC(C)(C)C. The summed E-state index contributed by atoms with van der Waals surface area (Å²) in [5.74, 6) is 0. The molecule has 0 aromatic carbocycles. The molecule has 0 bridgehead atoms. The van der Waals surface area contributed by atoms with Crippen molar-refractivity contribution in [2.24, 2.45) is 5.41 Å². The minimum absolute atomic E-state index is 0.435. The summed E-state index contributed by atoms with van der Waals surface area (Å²) in [6.07, 6.45) is 13.4. The van der Waals surface area contributed by atoms with Crippen LogP contribution < -0.4 is 5.32 Å². The number of nitrogens with one attached hydrogen (secondary N) is 1. The van der Waals surface area contributed by atoms with Gasteiger partial charge in [0.15, 0.2) is 0 Å². The van der Waals surface area contributed by atoms with Crippen LogP contribution in [-0.4, -0.2) is 13.1 Å². The molecule has 1 nitrogen and oxygen atoms in total. The van der Waals surface area contributed by atoms with Gasteiger partial charge in [0.25, 0.3) is 0 Å². The van der Waals surface area contributed by atoms with Crippen LogP contribution in [0.3, 0.4) is 0 Å². The van der Waals surface area contributed by atoms with Crippen molar-refractivity contribution >= 4 is 0 Å². The van der Waals surface area contributed by atoms with Crippen LogP contribution in [0.2, 0.25) is 0 Å². The highest BCUT2D eigenvalue weighted by Gasteiger charge is 2.07. The molecular weight excluding hydrogens is 170 g/mol. The first-order valence-corrected chi connectivity index (χ1v) is 5.60. The summed E-state index contributed by atoms with van der Waals surface area (Å²) < 4.78 is 0. The first kappa shape index (κ1) is 16.0. The van der Waals surface area contributed by atoms with Crippen LogP contribution in [0.4, 0.5) is 0 Å². The molecule has 0 aromatic heterocycles. The Bertz CT molecular complexity index is 119. The Morgan fingerprint density at radius 2 is 1.57 bits per heavy atom. The molecule has 0 unspecified atom stereocenters. The van der Waals surface area contributed by atoms with E-state index in [0.29, 0.717) is 5.41 Å². The normalized spacial score (nSPS) is 10.4. The zero-order chi connectivity index (χ0) is 11.4. The molecule has 1 N–H and O–H groups in total.